The molecule has 0 atom stereocenters. The normalized spacial score (nSPS) is 23.8. The second kappa shape index (κ2) is 8.89. The van der Waals surface area contributed by atoms with Crippen molar-refractivity contribution in [2.45, 2.75) is 37.1 Å². The number of hydrogen-bond donors (Lipinski definition) is 1. The van der Waals surface area contributed by atoms with Crippen LogP contribution in [0.15, 0.2) is 48.5 Å². The third-order valence-electron chi connectivity index (χ3n) is 6.82. The molecule has 6 nitrogen and oxygen atoms in total. The SMILES string of the molecule is COC(=O)c1ccc(N2CCN([C@H]3CC[C@](CN)(c4cccc(Cl)c4)CC3)C2=O)cc1. The lowest BCUT2D eigenvalue weighted by Crippen LogP contribution is -2.46. The fraction of sp³-hybridized carbons (Fsp3) is 0.417. The molecular weight excluding hydrogens is 414 g/mol. The lowest BCUT2D eigenvalue weighted by molar-refractivity contribution is 0.0600. The molecule has 2 aliphatic rings. The number of amides is 2. The zero-order valence-electron chi connectivity index (χ0n) is 17.7. The molecule has 0 unspecified atom stereocenters. The third-order valence-corrected chi connectivity index (χ3v) is 7.06. The van der Waals surface area contributed by atoms with E-state index < -0.39 is 0 Å². The van der Waals surface area contributed by atoms with E-state index in [-0.39, 0.29) is 23.5 Å². The average molecular weight is 442 g/mol. The molecule has 1 aliphatic carbocycles. The van der Waals surface area contributed by atoms with E-state index in [1.807, 2.05) is 23.1 Å². The highest BCUT2D eigenvalue weighted by atomic mass is 35.5. The van der Waals surface area contributed by atoms with Gasteiger partial charge in [0.05, 0.1) is 12.7 Å². The number of nitrogens with zero attached hydrogens (tertiary/aromatic N) is 2. The van der Waals surface area contributed by atoms with Crippen LogP contribution >= 0.6 is 11.6 Å². The Morgan fingerprint density at radius 1 is 1.16 bits per heavy atom. The van der Waals surface area contributed by atoms with E-state index in [0.29, 0.717) is 25.2 Å². The fourth-order valence-electron chi connectivity index (χ4n) is 4.92. The Morgan fingerprint density at radius 3 is 2.48 bits per heavy atom. The van der Waals surface area contributed by atoms with Gasteiger partial charge in [0.15, 0.2) is 0 Å². The quantitative estimate of drug-likeness (QED) is 0.705. The minimum atomic E-state index is -0.383. The molecule has 4 rings (SSSR count). The molecule has 7 heteroatoms. The van der Waals surface area contributed by atoms with Crippen molar-refractivity contribution >= 4 is 29.3 Å². The van der Waals surface area contributed by atoms with Gasteiger partial charge in [-0.2, -0.15) is 0 Å². The predicted molar refractivity (Wildman–Crippen MR) is 122 cm³/mol. The van der Waals surface area contributed by atoms with E-state index >= 15 is 0 Å². The van der Waals surface area contributed by atoms with Crippen LogP contribution < -0.4 is 10.6 Å². The van der Waals surface area contributed by atoms with Crippen molar-refractivity contribution in [3.8, 4) is 0 Å². The molecule has 1 aliphatic heterocycles. The van der Waals surface area contributed by atoms with E-state index in [1.165, 1.54) is 12.7 Å². The third kappa shape index (κ3) is 4.14. The number of carbonyl (C=O) groups excluding carboxylic acids is 2. The van der Waals surface area contributed by atoms with Gasteiger partial charge >= 0.3 is 12.0 Å². The maximum atomic E-state index is 13.1. The molecule has 2 fully saturated rings. The Balaban J connectivity index is 1.43. The van der Waals surface area contributed by atoms with Crippen LogP contribution in [0.2, 0.25) is 5.02 Å². The molecule has 2 aromatic carbocycles. The Labute approximate surface area is 187 Å². The Hall–Kier alpha value is -2.57. The molecule has 1 heterocycles. The molecule has 1 saturated carbocycles. The van der Waals surface area contributed by atoms with Gasteiger partial charge in [-0.3, -0.25) is 4.90 Å². The fourth-order valence-corrected chi connectivity index (χ4v) is 5.11. The summed E-state index contributed by atoms with van der Waals surface area (Å²) < 4.78 is 4.74. The molecular formula is C24H28ClN3O3. The minimum absolute atomic E-state index is 0.0267. The lowest BCUT2D eigenvalue weighted by atomic mass is 9.68. The van der Waals surface area contributed by atoms with Gasteiger partial charge < -0.3 is 15.4 Å². The minimum Gasteiger partial charge on any atom is -0.465 e. The van der Waals surface area contributed by atoms with Gasteiger partial charge in [-0.1, -0.05) is 23.7 Å². The van der Waals surface area contributed by atoms with Gasteiger partial charge in [-0.05, 0) is 67.6 Å². The topological polar surface area (TPSA) is 75.9 Å². The summed E-state index contributed by atoms with van der Waals surface area (Å²) in [4.78, 5) is 28.6. The number of rotatable bonds is 5. The van der Waals surface area contributed by atoms with Crippen LogP contribution in [0.4, 0.5) is 10.5 Å². The molecule has 164 valence electrons. The van der Waals surface area contributed by atoms with Gasteiger partial charge in [0.1, 0.15) is 0 Å². The first-order valence-corrected chi connectivity index (χ1v) is 11.1. The number of methoxy groups -OCH3 is 1. The van der Waals surface area contributed by atoms with Gasteiger partial charge in [-0.15, -0.1) is 0 Å². The van der Waals surface area contributed by atoms with Crippen LogP contribution in [0.25, 0.3) is 0 Å². The smallest absolute Gasteiger partial charge is 0.337 e. The van der Waals surface area contributed by atoms with Gasteiger partial charge in [0.25, 0.3) is 0 Å². The van der Waals surface area contributed by atoms with E-state index in [9.17, 15) is 9.59 Å². The summed E-state index contributed by atoms with van der Waals surface area (Å²) in [5, 5.41) is 0.732. The second-order valence-electron chi connectivity index (χ2n) is 8.39. The highest BCUT2D eigenvalue weighted by Gasteiger charge is 2.41. The monoisotopic (exact) mass is 441 g/mol. The molecule has 2 amide bonds. The first kappa shape index (κ1) is 21.7. The van der Waals surface area contributed by atoms with E-state index in [0.717, 1.165) is 36.4 Å². The van der Waals surface area contributed by atoms with Crippen LogP contribution in [0.1, 0.15) is 41.6 Å². The van der Waals surface area contributed by atoms with Gasteiger partial charge in [-0.25, -0.2) is 9.59 Å². The number of anilines is 1. The van der Waals surface area contributed by atoms with Crippen molar-refractivity contribution in [2.24, 2.45) is 5.73 Å². The van der Waals surface area contributed by atoms with Crippen molar-refractivity contribution in [2.75, 3.05) is 31.6 Å². The Morgan fingerprint density at radius 2 is 1.87 bits per heavy atom. The van der Waals surface area contributed by atoms with Crippen molar-refractivity contribution in [3.63, 3.8) is 0 Å². The van der Waals surface area contributed by atoms with E-state index in [2.05, 4.69) is 6.07 Å². The Bertz CT molecular complexity index is 955. The molecule has 0 spiro atoms. The van der Waals surface area contributed by atoms with Gasteiger partial charge in [0.2, 0.25) is 0 Å². The molecule has 1 saturated heterocycles. The summed E-state index contributed by atoms with van der Waals surface area (Å²) in [6, 6.07) is 15.2. The van der Waals surface area contributed by atoms with Crippen molar-refractivity contribution in [3.05, 3.63) is 64.7 Å². The van der Waals surface area contributed by atoms with Crippen LogP contribution in [0.5, 0.6) is 0 Å². The molecule has 0 aromatic heterocycles. The van der Waals surface area contributed by atoms with Crippen molar-refractivity contribution < 1.29 is 14.3 Å². The van der Waals surface area contributed by atoms with Crippen LogP contribution in [-0.4, -0.2) is 49.7 Å². The molecule has 0 bridgehead atoms. The van der Waals surface area contributed by atoms with E-state index in [4.69, 9.17) is 22.1 Å². The largest absolute Gasteiger partial charge is 0.465 e. The zero-order chi connectivity index (χ0) is 22.0. The first-order valence-electron chi connectivity index (χ1n) is 10.7. The van der Waals surface area contributed by atoms with Crippen molar-refractivity contribution in [1.29, 1.82) is 0 Å². The van der Waals surface area contributed by atoms with E-state index in [1.54, 1.807) is 29.2 Å². The summed E-state index contributed by atoms with van der Waals surface area (Å²) in [7, 11) is 1.36. The van der Waals surface area contributed by atoms with Crippen LogP contribution in [0, 0.1) is 0 Å². The zero-order valence-corrected chi connectivity index (χ0v) is 18.5. The number of hydrogen-bond acceptors (Lipinski definition) is 4. The number of nitrogens with two attached hydrogens (primary N) is 1. The average Bonchev–Trinajstić information content (AvgIpc) is 3.20. The second-order valence-corrected chi connectivity index (χ2v) is 8.83. The number of ether oxygens (including phenoxy) is 1. The highest BCUT2D eigenvalue weighted by Crippen LogP contribution is 2.41. The lowest BCUT2D eigenvalue weighted by Gasteiger charge is -2.42. The maximum absolute atomic E-state index is 13.1. The molecule has 2 aromatic rings. The highest BCUT2D eigenvalue weighted by molar-refractivity contribution is 6.30. The standard InChI is InChI=1S/C24H28ClN3O3/c1-31-22(29)17-5-7-20(8-6-17)27-13-14-28(23(27)30)21-9-11-24(16-26,12-10-21)18-3-2-4-19(25)15-18/h2-8,15,21H,9-14,16,26H2,1H3/t21-,24-. The molecule has 2 N–H and O–H groups in total. The number of benzene rings is 2. The number of urea groups is 1. The van der Waals surface area contributed by atoms with Crippen LogP contribution in [0.3, 0.4) is 0 Å². The number of carbonyl (C=O) groups is 2. The summed E-state index contributed by atoms with van der Waals surface area (Å²) in [6.45, 7) is 1.92. The maximum Gasteiger partial charge on any atom is 0.337 e. The van der Waals surface area contributed by atoms with Gasteiger partial charge in [0, 0.05) is 41.8 Å². The van der Waals surface area contributed by atoms with Crippen molar-refractivity contribution in [1.82, 2.24) is 4.90 Å². The summed E-state index contributed by atoms with van der Waals surface area (Å²) in [5.74, 6) is -0.383. The molecule has 31 heavy (non-hydrogen) atoms. The number of esters is 1. The Kier molecular flexibility index (Phi) is 6.21. The number of halogens is 1. The first-order chi connectivity index (χ1) is 15.0. The summed E-state index contributed by atoms with van der Waals surface area (Å²) >= 11 is 6.22. The summed E-state index contributed by atoms with van der Waals surface area (Å²) in [5.41, 5.74) is 8.61. The predicted octanol–water partition coefficient (Wildman–Crippen LogP) is 4.21. The van der Waals surface area contributed by atoms with Crippen LogP contribution in [-0.2, 0) is 10.2 Å². The molecule has 0 radical (unpaired) electrons. The summed E-state index contributed by atoms with van der Waals surface area (Å²) in [6.07, 6.45) is 3.72.